The van der Waals surface area contributed by atoms with Gasteiger partial charge in [0, 0.05) is 5.69 Å². The van der Waals surface area contributed by atoms with Gasteiger partial charge >= 0.3 is 0 Å². The molecule has 1 heterocycles. The lowest BCUT2D eigenvalue weighted by molar-refractivity contribution is 0.398. The van der Waals surface area contributed by atoms with Crippen LogP contribution in [0.3, 0.4) is 0 Å². The molecule has 3 rings (SSSR count). The molecule has 0 aliphatic carbocycles. The lowest BCUT2D eigenvalue weighted by Crippen LogP contribution is -1.96. The van der Waals surface area contributed by atoms with E-state index in [1.165, 1.54) is 0 Å². The molecule has 3 aromatic rings. The fraction of sp³-hybridized carbons (Fsp3) is 0.0714. The van der Waals surface area contributed by atoms with Crippen molar-refractivity contribution in [3.05, 3.63) is 48.5 Å². The van der Waals surface area contributed by atoms with Gasteiger partial charge in [-0.15, -0.1) is 5.10 Å². The van der Waals surface area contributed by atoms with Crippen molar-refractivity contribution in [1.29, 1.82) is 0 Å². The Morgan fingerprint density at radius 3 is 2.61 bits per heavy atom. The number of anilines is 1. The Kier molecular flexibility index (Phi) is 2.41. The Hall–Kier alpha value is -2.49. The first kappa shape index (κ1) is 10.7. The van der Waals surface area contributed by atoms with E-state index in [0.717, 1.165) is 16.6 Å². The van der Waals surface area contributed by atoms with Crippen LogP contribution in [0.2, 0.25) is 0 Å². The van der Waals surface area contributed by atoms with Gasteiger partial charge in [-0.05, 0) is 30.3 Å². The van der Waals surface area contributed by atoms with Crippen molar-refractivity contribution in [3.63, 3.8) is 0 Å². The van der Waals surface area contributed by atoms with Crippen molar-refractivity contribution in [3.8, 4) is 11.6 Å². The number of aromatic nitrogens is 2. The van der Waals surface area contributed by atoms with Crippen LogP contribution >= 0.6 is 0 Å². The van der Waals surface area contributed by atoms with E-state index in [1.807, 2.05) is 53.2 Å². The smallest absolute Gasteiger partial charge is 0.240 e. The van der Waals surface area contributed by atoms with Crippen LogP contribution in [0.15, 0.2) is 48.5 Å². The third-order valence-electron chi connectivity index (χ3n) is 2.87. The summed E-state index contributed by atoms with van der Waals surface area (Å²) in [5.41, 5.74) is 8.48. The summed E-state index contributed by atoms with van der Waals surface area (Å²) in [6, 6.07) is 15.6. The van der Waals surface area contributed by atoms with Gasteiger partial charge in [-0.3, -0.25) is 0 Å². The highest BCUT2D eigenvalue weighted by atomic mass is 16.5. The highest BCUT2D eigenvalue weighted by molar-refractivity contribution is 5.88. The predicted molar refractivity (Wildman–Crippen MR) is 72.0 cm³/mol. The molecule has 0 saturated heterocycles. The Morgan fingerprint density at radius 2 is 1.89 bits per heavy atom. The highest BCUT2D eigenvalue weighted by Crippen LogP contribution is 2.28. The van der Waals surface area contributed by atoms with E-state index in [9.17, 15) is 0 Å². The molecule has 0 unspecified atom stereocenters. The average Bonchev–Trinajstić information content (AvgIpc) is 2.77. The number of hydrogen-bond donors (Lipinski definition) is 1. The van der Waals surface area contributed by atoms with Crippen molar-refractivity contribution in [1.82, 2.24) is 9.78 Å². The maximum absolute atomic E-state index is 5.84. The fourth-order valence-corrected chi connectivity index (χ4v) is 2.02. The number of benzene rings is 2. The fourth-order valence-electron chi connectivity index (χ4n) is 2.02. The van der Waals surface area contributed by atoms with Crippen LogP contribution in [-0.4, -0.2) is 16.9 Å². The zero-order valence-electron chi connectivity index (χ0n) is 10.00. The molecule has 90 valence electrons. The minimum atomic E-state index is 0.605. The predicted octanol–water partition coefficient (Wildman–Crippen LogP) is 2.62. The summed E-state index contributed by atoms with van der Waals surface area (Å²) in [6.07, 6.45) is 0. The first-order valence-electron chi connectivity index (χ1n) is 5.67. The molecular formula is C14H13N3O. The van der Waals surface area contributed by atoms with Crippen molar-refractivity contribution in [2.45, 2.75) is 0 Å². The van der Waals surface area contributed by atoms with E-state index in [1.54, 1.807) is 7.11 Å². The molecule has 4 heteroatoms. The van der Waals surface area contributed by atoms with E-state index in [4.69, 9.17) is 10.5 Å². The van der Waals surface area contributed by atoms with Crippen LogP contribution in [0.4, 0.5) is 5.69 Å². The van der Waals surface area contributed by atoms with Crippen LogP contribution in [0.1, 0.15) is 0 Å². The van der Waals surface area contributed by atoms with E-state index < -0.39 is 0 Å². The zero-order chi connectivity index (χ0) is 12.5. The summed E-state index contributed by atoms with van der Waals surface area (Å²) in [4.78, 5) is 0. The third-order valence-corrected chi connectivity index (χ3v) is 2.87. The minimum Gasteiger partial charge on any atom is -0.479 e. The molecule has 0 amide bonds. The van der Waals surface area contributed by atoms with Gasteiger partial charge < -0.3 is 10.5 Å². The maximum Gasteiger partial charge on any atom is 0.240 e. The summed E-state index contributed by atoms with van der Waals surface area (Å²) in [7, 11) is 1.62. The van der Waals surface area contributed by atoms with Crippen LogP contribution in [0.5, 0.6) is 5.88 Å². The van der Waals surface area contributed by atoms with Gasteiger partial charge in [0.2, 0.25) is 5.88 Å². The van der Waals surface area contributed by atoms with Gasteiger partial charge in [0.05, 0.1) is 23.7 Å². The second-order valence-electron chi connectivity index (χ2n) is 4.03. The van der Waals surface area contributed by atoms with Gasteiger partial charge in [-0.25, -0.2) is 4.68 Å². The molecule has 2 aromatic carbocycles. The zero-order valence-corrected chi connectivity index (χ0v) is 10.00. The van der Waals surface area contributed by atoms with E-state index >= 15 is 0 Å². The molecule has 0 fully saturated rings. The number of rotatable bonds is 2. The molecule has 0 aliphatic rings. The van der Waals surface area contributed by atoms with Crippen molar-refractivity contribution in [2.24, 2.45) is 0 Å². The van der Waals surface area contributed by atoms with Gasteiger partial charge in [0.1, 0.15) is 0 Å². The summed E-state index contributed by atoms with van der Waals surface area (Å²) in [5, 5.41) is 5.41. The number of ether oxygens (including phenoxy) is 1. The number of nitrogen functional groups attached to an aromatic ring is 1. The SMILES string of the molecule is COc1nn(-c2ccccc2)c2cc(N)ccc12. The molecule has 0 saturated carbocycles. The lowest BCUT2D eigenvalue weighted by Gasteiger charge is -2.02. The largest absolute Gasteiger partial charge is 0.479 e. The molecular weight excluding hydrogens is 226 g/mol. The Balaban J connectivity index is 2.32. The Morgan fingerprint density at radius 1 is 1.11 bits per heavy atom. The highest BCUT2D eigenvalue weighted by Gasteiger charge is 2.11. The van der Waals surface area contributed by atoms with E-state index in [0.29, 0.717) is 11.6 Å². The molecule has 0 bridgehead atoms. The second kappa shape index (κ2) is 4.07. The lowest BCUT2D eigenvalue weighted by atomic mass is 10.2. The molecule has 0 atom stereocenters. The number of methoxy groups -OCH3 is 1. The monoisotopic (exact) mass is 239 g/mol. The molecule has 1 aromatic heterocycles. The second-order valence-corrected chi connectivity index (χ2v) is 4.03. The van der Waals surface area contributed by atoms with E-state index in [2.05, 4.69) is 5.10 Å². The topological polar surface area (TPSA) is 53.1 Å². The van der Waals surface area contributed by atoms with Gasteiger partial charge in [0.15, 0.2) is 0 Å². The van der Waals surface area contributed by atoms with Crippen LogP contribution < -0.4 is 10.5 Å². The minimum absolute atomic E-state index is 0.605. The normalized spacial score (nSPS) is 10.7. The van der Waals surface area contributed by atoms with Crippen molar-refractivity contribution >= 4 is 16.6 Å². The van der Waals surface area contributed by atoms with Crippen LogP contribution in [0.25, 0.3) is 16.6 Å². The van der Waals surface area contributed by atoms with E-state index in [-0.39, 0.29) is 0 Å². The molecule has 0 aliphatic heterocycles. The third kappa shape index (κ3) is 1.59. The maximum atomic E-state index is 5.84. The first-order chi connectivity index (χ1) is 8.79. The molecule has 0 radical (unpaired) electrons. The van der Waals surface area contributed by atoms with Gasteiger partial charge in [0.25, 0.3) is 0 Å². The molecule has 0 spiro atoms. The summed E-state index contributed by atoms with van der Waals surface area (Å²) in [5.74, 6) is 0.605. The number of para-hydroxylation sites is 1. The molecule has 2 N–H and O–H groups in total. The molecule has 18 heavy (non-hydrogen) atoms. The van der Waals surface area contributed by atoms with Gasteiger partial charge in [-0.2, -0.15) is 0 Å². The summed E-state index contributed by atoms with van der Waals surface area (Å²) < 4.78 is 7.13. The molecule has 4 nitrogen and oxygen atoms in total. The Labute approximate surface area is 105 Å². The summed E-state index contributed by atoms with van der Waals surface area (Å²) in [6.45, 7) is 0. The number of nitrogens with two attached hydrogens (primary N) is 1. The van der Waals surface area contributed by atoms with Crippen LogP contribution in [-0.2, 0) is 0 Å². The van der Waals surface area contributed by atoms with Crippen LogP contribution in [0, 0.1) is 0 Å². The number of nitrogens with zero attached hydrogens (tertiary/aromatic N) is 2. The average molecular weight is 239 g/mol. The quantitative estimate of drug-likeness (QED) is 0.699. The number of fused-ring (bicyclic) bond motifs is 1. The summed E-state index contributed by atoms with van der Waals surface area (Å²) >= 11 is 0. The standard InChI is InChI=1S/C14H13N3O/c1-18-14-12-8-7-10(15)9-13(12)17(16-14)11-5-3-2-4-6-11/h2-9H,15H2,1H3. The first-order valence-corrected chi connectivity index (χ1v) is 5.67. The van der Waals surface area contributed by atoms with Crippen molar-refractivity contribution in [2.75, 3.05) is 12.8 Å². The number of hydrogen-bond acceptors (Lipinski definition) is 3. The Bertz CT molecular complexity index is 689. The van der Waals surface area contributed by atoms with Crippen molar-refractivity contribution < 1.29 is 4.74 Å². The van der Waals surface area contributed by atoms with Gasteiger partial charge in [-0.1, -0.05) is 18.2 Å².